The van der Waals surface area contributed by atoms with Crippen LogP contribution in [0.2, 0.25) is 0 Å². The number of hydrogen-bond donors (Lipinski definition) is 3. The van der Waals surface area contributed by atoms with Crippen molar-refractivity contribution in [2.45, 2.75) is 92.3 Å². The zero-order valence-electron chi connectivity index (χ0n) is 17.7. The van der Waals surface area contributed by atoms with Crippen molar-refractivity contribution in [3.63, 3.8) is 0 Å². The summed E-state index contributed by atoms with van der Waals surface area (Å²) < 4.78 is 0. The summed E-state index contributed by atoms with van der Waals surface area (Å²) in [4.78, 5) is 19.7. The highest BCUT2D eigenvalue weighted by atomic mass is 17.1. The van der Waals surface area contributed by atoms with Crippen LogP contribution >= 0.6 is 0 Å². The molecule has 26 heavy (non-hydrogen) atoms. The van der Waals surface area contributed by atoms with Gasteiger partial charge in [0.15, 0.2) is 6.23 Å². The third-order valence-corrected chi connectivity index (χ3v) is 4.47. The van der Waals surface area contributed by atoms with Crippen LogP contribution in [0.3, 0.4) is 0 Å². The van der Waals surface area contributed by atoms with Crippen molar-refractivity contribution < 1.29 is 14.9 Å². The SMILES string of the molecule is CC/C=C(\CN)NC(C(=O)N(CCCCCC)C(CC)OO)C(C)(C)C. The van der Waals surface area contributed by atoms with Crippen LogP contribution < -0.4 is 11.1 Å². The Kier molecular flexibility index (Phi) is 12.6. The molecule has 0 aliphatic carbocycles. The molecule has 0 rings (SSSR count). The van der Waals surface area contributed by atoms with E-state index < -0.39 is 12.3 Å². The van der Waals surface area contributed by atoms with Crippen LogP contribution in [0.25, 0.3) is 0 Å². The molecule has 0 aromatic rings. The summed E-state index contributed by atoms with van der Waals surface area (Å²) in [5.41, 5.74) is 6.39. The van der Waals surface area contributed by atoms with Crippen molar-refractivity contribution in [1.29, 1.82) is 0 Å². The Labute approximate surface area is 160 Å². The van der Waals surface area contributed by atoms with E-state index in [4.69, 9.17) is 5.73 Å². The Bertz CT molecular complexity index is 415. The fourth-order valence-corrected chi connectivity index (χ4v) is 2.90. The fourth-order valence-electron chi connectivity index (χ4n) is 2.90. The smallest absolute Gasteiger partial charge is 0.247 e. The highest BCUT2D eigenvalue weighted by Gasteiger charge is 2.37. The Morgan fingerprint density at radius 3 is 2.31 bits per heavy atom. The minimum atomic E-state index is -0.632. The van der Waals surface area contributed by atoms with Crippen LogP contribution in [0.5, 0.6) is 0 Å². The fraction of sp³-hybridized carbons (Fsp3) is 0.850. The lowest BCUT2D eigenvalue weighted by Crippen LogP contribution is -2.56. The molecular formula is C20H41N3O3. The molecule has 0 bridgehead atoms. The van der Waals surface area contributed by atoms with E-state index in [1.54, 1.807) is 4.90 Å². The van der Waals surface area contributed by atoms with Crippen LogP contribution in [0.1, 0.15) is 80.1 Å². The first-order valence-corrected chi connectivity index (χ1v) is 10.0. The number of unbranched alkanes of at least 4 members (excludes halogenated alkanes) is 3. The predicted octanol–water partition coefficient (Wildman–Crippen LogP) is 3.88. The molecule has 0 heterocycles. The van der Waals surface area contributed by atoms with Gasteiger partial charge in [0, 0.05) is 18.8 Å². The molecule has 0 saturated heterocycles. The van der Waals surface area contributed by atoms with E-state index in [1.807, 2.05) is 40.7 Å². The molecule has 0 radical (unpaired) electrons. The van der Waals surface area contributed by atoms with Gasteiger partial charge >= 0.3 is 0 Å². The molecule has 0 aliphatic heterocycles. The Morgan fingerprint density at radius 1 is 1.23 bits per heavy atom. The van der Waals surface area contributed by atoms with Crippen LogP contribution in [0.4, 0.5) is 0 Å². The van der Waals surface area contributed by atoms with Crippen LogP contribution in [-0.4, -0.2) is 41.4 Å². The minimum Gasteiger partial charge on any atom is -0.376 e. The quantitative estimate of drug-likeness (QED) is 0.198. The average molecular weight is 372 g/mol. The van der Waals surface area contributed by atoms with Gasteiger partial charge in [0.05, 0.1) is 0 Å². The van der Waals surface area contributed by atoms with Crippen molar-refractivity contribution in [1.82, 2.24) is 10.2 Å². The molecule has 0 spiro atoms. The largest absolute Gasteiger partial charge is 0.376 e. The molecule has 154 valence electrons. The molecule has 0 aliphatic rings. The summed E-state index contributed by atoms with van der Waals surface area (Å²) in [6.45, 7) is 13.1. The van der Waals surface area contributed by atoms with Crippen molar-refractivity contribution in [2.24, 2.45) is 11.1 Å². The van der Waals surface area contributed by atoms with Gasteiger partial charge in [-0.3, -0.25) is 4.79 Å². The number of hydrogen-bond acceptors (Lipinski definition) is 5. The van der Waals surface area contributed by atoms with Crippen molar-refractivity contribution in [3.05, 3.63) is 11.8 Å². The first-order valence-electron chi connectivity index (χ1n) is 10.0. The van der Waals surface area contributed by atoms with Crippen molar-refractivity contribution in [2.75, 3.05) is 13.1 Å². The van der Waals surface area contributed by atoms with Crippen molar-refractivity contribution in [3.8, 4) is 0 Å². The first-order chi connectivity index (χ1) is 12.3. The molecule has 4 N–H and O–H groups in total. The van der Waals surface area contributed by atoms with E-state index in [0.717, 1.165) is 37.8 Å². The van der Waals surface area contributed by atoms with E-state index in [-0.39, 0.29) is 11.3 Å². The second kappa shape index (κ2) is 13.1. The highest BCUT2D eigenvalue weighted by molar-refractivity contribution is 5.83. The number of carbonyl (C=O) groups excluding carboxylic acids is 1. The topological polar surface area (TPSA) is 87.8 Å². The standard InChI is InChI=1S/C20H41N3O3/c1-7-10-11-12-14-23(17(9-3)26-25)19(24)18(20(4,5)6)22-16(15-21)13-8-2/h13,17-18,22,25H,7-12,14-15,21H2,1-6H3/b16-13+. The Balaban J connectivity index is 5.47. The van der Waals surface area contributed by atoms with Gasteiger partial charge in [0.25, 0.3) is 0 Å². The molecule has 6 nitrogen and oxygen atoms in total. The van der Waals surface area contributed by atoms with Gasteiger partial charge in [-0.2, -0.15) is 0 Å². The number of allylic oxidation sites excluding steroid dienone is 1. The van der Waals surface area contributed by atoms with Gasteiger partial charge in [-0.1, -0.05) is 66.9 Å². The van der Waals surface area contributed by atoms with Gasteiger partial charge in [-0.05, 0) is 24.7 Å². The molecule has 0 aromatic heterocycles. The number of nitrogens with zero attached hydrogens (tertiary/aromatic N) is 1. The molecule has 0 fully saturated rings. The monoisotopic (exact) mass is 371 g/mol. The average Bonchev–Trinajstić information content (AvgIpc) is 2.59. The lowest BCUT2D eigenvalue weighted by molar-refractivity contribution is -0.309. The maximum atomic E-state index is 13.4. The molecule has 2 atom stereocenters. The predicted molar refractivity (Wildman–Crippen MR) is 107 cm³/mol. The lowest BCUT2D eigenvalue weighted by atomic mass is 9.85. The third kappa shape index (κ3) is 8.52. The maximum Gasteiger partial charge on any atom is 0.247 e. The van der Waals surface area contributed by atoms with E-state index in [1.165, 1.54) is 0 Å². The molecule has 0 saturated carbocycles. The zero-order valence-corrected chi connectivity index (χ0v) is 17.7. The van der Waals surface area contributed by atoms with Gasteiger partial charge in [-0.15, -0.1) is 0 Å². The highest BCUT2D eigenvalue weighted by Crippen LogP contribution is 2.24. The Morgan fingerprint density at radius 2 is 1.88 bits per heavy atom. The minimum absolute atomic E-state index is 0.0645. The third-order valence-electron chi connectivity index (χ3n) is 4.47. The summed E-state index contributed by atoms with van der Waals surface area (Å²) in [7, 11) is 0. The molecule has 1 amide bonds. The lowest BCUT2D eigenvalue weighted by Gasteiger charge is -2.38. The maximum absolute atomic E-state index is 13.4. The number of carbonyl (C=O) groups is 1. The number of nitrogens with one attached hydrogen (secondary N) is 1. The normalized spacial score (nSPS) is 14.8. The molecular weight excluding hydrogens is 330 g/mol. The van der Waals surface area contributed by atoms with E-state index >= 15 is 0 Å². The van der Waals surface area contributed by atoms with Gasteiger partial charge in [0.2, 0.25) is 5.91 Å². The van der Waals surface area contributed by atoms with E-state index in [9.17, 15) is 10.1 Å². The van der Waals surface area contributed by atoms with Gasteiger partial charge in [0.1, 0.15) is 6.04 Å². The summed E-state index contributed by atoms with van der Waals surface area (Å²) in [5.74, 6) is -0.0645. The molecule has 0 aromatic carbocycles. The second-order valence-electron chi connectivity index (χ2n) is 7.85. The van der Waals surface area contributed by atoms with E-state index in [0.29, 0.717) is 19.5 Å². The summed E-state index contributed by atoms with van der Waals surface area (Å²) in [6.07, 6.45) is 6.98. The summed E-state index contributed by atoms with van der Waals surface area (Å²) in [5, 5.41) is 12.6. The number of nitrogens with two attached hydrogens (primary N) is 1. The van der Waals surface area contributed by atoms with Crippen LogP contribution in [-0.2, 0) is 9.68 Å². The summed E-state index contributed by atoms with van der Waals surface area (Å²) in [6, 6.07) is -0.445. The number of amides is 1. The molecule has 2 unspecified atom stereocenters. The van der Waals surface area contributed by atoms with Crippen LogP contribution in [0, 0.1) is 5.41 Å². The summed E-state index contributed by atoms with van der Waals surface area (Å²) >= 11 is 0. The second-order valence-corrected chi connectivity index (χ2v) is 7.85. The Hall–Kier alpha value is -1.11. The van der Waals surface area contributed by atoms with Gasteiger partial charge < -0.3 is 16.0 Å². The van der Waals surface area contributed by atoms with Crippen LogP contribution in [0.15, 0.2) is 11.8 Å². The van der Waals surface area contributed by atoms with Crippen molar-refractivity contribution >= 4 is 5.91 Å². The van der Waals surface area contributed by atoms with Gasteiger partial charge in [-0.25, -0.2) is 10.1 Å². The number of rotatable bonds is 13. The van der Waals surface area contributed by atoms with E-state index in [2.05, 4.69) is 17.1 Å². The first kappa shape index (κ1) is 24.9. The molecule has 6 heteroatoms. The zero-order chi connectivity index (χ0) is 20.2.